The van der Waals surface area contributed by atoms with Crippen molar-refractivity contribution >= 4 is 27.6 Å². The minimum atomic E-state index is -0.486. The molecule has 0 spiro atoms. The van der Waals surface area contributed by atoms with E-state index < -0.39 is 5.60 Å². The number of aromatic nitrogens is 2. The van der Waals surface area contributed by atoms with Crippen molar-refractivity contribution in [3.8, 4) is 5.88 Å². The molecule has 2 aromatic rings. The van der Waals surface area contributed by atoms with E-state index in [9.17, 15) is 9.90 Å². The van der Waals surface area contributed by atoms with Crippen molar-refractivity contribution < 1.29 is 19.4 Å². The molecule has 0 aromatic carbocycles. The van der Waals surface area contributed by atoms with Crippen molar-refractivity contribution in [2.24, 2.45) is 5.92 Å². The molecular weight excluding hydrogens is 450 g/mol. The monoisotopic (exact) mass is 491 g/mol. The largest absolute Gasteiger partial charge is 0.474 e. The molecule has 0 saturated heterocycles. The van der Waals surface area contributed by atoms with Crippen LogP contribution in [0.2, 0.25) is 0 Å². The van der Waals surface area contributed by atoms with Crippen LogP contribution in [0.15, 0.2) is 12.4 Å². The first kappa shape index (κ1) is 26.7. The van der Waals surface area contributed by atoms with Crippen LogP contribution < -0.4 is 4.74 Å². The van der Waals surface area contributed by atoms with Gasteiger partial charge in [0.2, 0.25) is 5.88 Å². The van der Waals surface area contributed by atoms with Crippen molar-refractivity contribution in [1.82, 2.24) is 14.9 Å². The summed E-state index contributed by atoms with van der Waals surface area (Å²) in [6, 6.07) is 2.35. The summed E-state index contributed by atoms with van der Waals surface area (Å²) < 4.78 is 11.8. The molecule has 3 rings (SSSR count). The molecule has 1 aliphatic carbocycles. The highest BCUT2D eigenvalue weighted by Gasteiger charge is 2.30. The van der Waals surface area contributed by atoms with Gasteiger partial charge in [0.05, 0.1) is 11.5 Å². The minimum absolute atomic E-state index is 0.0895. The average molecular weight is 492 g/mol. The highest BCUT2D eigenvalue weighted by Crippen LogP contribution is 2.33. The smallest absolute Gasteiger partial charge is 0.410 e. The summed E-state index contributed by atoms with van der Waals surface area (Å²) in [6.45, 7) is 9.63. The van der Waals surface area contributed by atoms with E-state index in [0.717, 1.165) is 61.6 Å². The fraction of sp³-hybridized carbons (Fsp3) is 0.731. The number of nitrogens with zero attached hydrogens (tertiary/aromatic N) is 3. The second kappa shape index (κ2) is 11.7. The number of hydrogen-bond acceptors (Lipinski definition) is 7. The van der Waals surface area contributed by atoms with Crippen LogP contribution in [0.3, 0.4) is 0 Å². The SMILES string of the molecule is CC(O)C(C)CCCCc1cc2c(OC3CCC(N(C)C(=O)OC(C)(C)C)CC3)ncnc2s1. The van der Waals surface area contributed by atoms with E-state index in [0.29, 0.717) is 11.8 Å². The van der Waals surface area contributed by atoms with E-state index in [1.54, 1.807) is 22.6 Å². The summed E-state index contributed by atoms with van der Waals surface area (Å²) in [5, 5.41) is 10.6. The van der Waals surface area contributed by atoms with Crippen molar-refractivity contribution in [3.63, 3.8) is 0 Å². The predicted molar refractivity (Wildman–Crippen MR) is 136 cm³/mol. The number of thiophene rings is 1. The molecule has 0 radical (unpaired) electrons. The van der Waals surface area contributed by atoms with Crippen LogP contribution in [0.5, 0.6) is 5.88 Å². The molecule has 0 bridgehead atoms. The molecule has 8 heteroatoms. The number of fused-ring (bicyclic) bond motifs is 1. The standard InChI is InChI=1S/C26H41N3O4S/c1-17(18(2)30)9-7-8-10-21-15-22-23(27-16-28-24(22)34-21)32-20-13-11-19(12-14-20)29(6)25(31)33-26(3,4)5/h15-20,30H,7-14H2,1-6H3. The normalized spacial score (nSPS) is 20.7. The van der Waals surface area contributed by atoms with Gasteiger partial charge in [0.1, 0.15) is 22.9 Å². The molecule has 1 amide bonds. The summed E-state index contributed by atoms with van der Waals surface area (Å²) in [4.78, 5) is 25.3. The lowest BCUT2D eigenvalue weighted by molar-refractivity contribution is 0.0138. The van der Waals surface area contributed by atoms with Crippen LogP contribution >= 0.6 is 11.3 Å². The van der Waals surface area contributed by atoms with Gasteiger partial charge in [0.15, 0.2) is 0 Å². The Balaban J connectivity index is 1.52. The van der Waals surface area contributed by atoms with Gasteiger partial charge in [-0.1, -0.05) is 13.3 Å². The van der Waals surface area contributed by atoms with Gasteiger partial charge >= 0.3 is 6.09 Å². The Labute approximate surface area is 207 Å². The number of carbonyl (C=O) groups excluding carboxylic acids is 1. The highest BCUT2D eigenvalue weighted by molar-refractivity contribution is 7.18. The Kier molecular flexibility index (Phi) is 9.15. The molecule has 2 atom stereocenters. The van der Waals surface area contributed by atoms with Gasteiger partial charge in [-0.15, -0.1) is 11.3 Å². The molecule has 7 nitrogen and oxygen atoms in total. The van der Waals surface area contributed by atoms with Crippen LogP contribution in [0, 0.1) is 5.92 Å². The quantitative estimate of drug-likeness (QED) is 0.435. The first-order valence-electron chi connectivity index (χ1n) is 12.6. The minimum Gasteiger partial charge on any atom is -0.474 e. The predicted octanol–water partition coefficient (Wildman–Crippen LogP) is 5.98. The van der Waals surface area contributed by atoms with E-state index in [2.05, 4.69) is 23.0 Å². The van der Waals surface area contributed by atoms with Gasteiger partial charge in [-0.2, -0.15) is 0 Å². The molecule has 2 unspecified atom stereocenters. The number of hydrogen-bond donors (Lipinski definition) is 1. The zero-order valence-corrected chi connectivity index (χ0v) is 22.4. The van der Waals surface area contributed by atoms with Gasteiger partial charge in [-0.25, -0.2) is 14.8 Å². The van der Waals surface area contributed by atoms with Gasteiger partial charge in [0, 0.05) is 18.0 Å². The van der Waals surface area contributed by atoms with Crippen molar-refractivity contribution in [2.75, 3.05) is 7.05 Å². The van der Waals surface area contributed by atoms with Crippen molar-refractivity contribution in [2.45, 2.75) is 110 Å². The third-order valence-electron chi connectivity index (χ3n) is 6.65. The number of amides is 1. The molecule has 2 aromatic heterocycles. The lowest BCUT2D eigenvalue weighted by atomic mass is 9.92. The maximum absolute atomic E-state index is 12.4. The Bertz CT molecular complexity index is 932. The molecule has 1 fully saturated rings. The lowest BCUT2D eigenvalue weighted by Crippen LogP contribution is -2.43. The van der Waals surface area contributed by atoms with E-state index in [-0.39, 0.29) is 24.3 Å². The zero-order chi connectivity index (χ0) is 24.9. The lowest BCUT2D eigenvalue weighted by Gasteiger charge is -2.35. The number of ether oxygens (including phenoxy) is 2. The van der Waals surface area contributed by atoms with Crippen LogP contribution in [-0.4, -0.2) is 57.0 Å². The average Bonchev–Trinajstić information content (AvgIpc) is 3.19. The molecule has 34 heavy (non-hydrogen) atoms. The summed E-state index contributed by atoms with van der Waals surface area (Å²) in [5.41, 5.74) is -0.486. The third kappa shape index (κ3) is 7.54. The number of aryl methyl sites for hydroxylation is 1. The van der Waals surface area contributed by atoms with Gasteiger partial charge < -0.3 is 19.5 Å². The highest BCUT2D eigenvalue weighted by atomic mass is 32.1. The molecule has 0 aliphatic heterocycles. The van der Waals surface area contributed by atoms with Crippen LogP contribution in [0.25, 0.3) is 10.2 Å². The van der Waals surface area contributed by atoms with Gasteiger partial charge in [-0.3, -0.25) is 0 Å². The number of aliphatic hydroxyl groups excluding tert-OH is 1. The fourth-order valence-corrected chi connectivity index (χ4v) is 5.33. The van der Waals surface area contributed by atoms with Crippen molar-refractivity contribution in [1.29, 1.82) is 0 Å². The second-order valence-electron chi connectivity index (χ2n) is 10.7. The molecule has 1 saturated carbocycles. The van der Waals surface area contributed by atoms with Crippen molar-refractivity contribution in [3.05, 3.63) is 17.3 Å². The maximum Gasteiger partial charge on any atom is 0.410 e. The number of unbranched alkanes of at least 4 members (excludes halogenated alkanes) is 1. The van der Waals surface area contributed by atoms with E-state index in [1.807, 2.05) is 34.7 Å². The Morgan fingerprint density at radius 3 is 2.56 bits per heavy atom. The molecule has 2 heterocycles. The van der Waals surface area contributed by atoms with Gasteiger partial charge in [0.25, 0.3) is 0 Å². The molecule has 190 valence electrons. The van der Waals surface area contributed by atoms with Crippen LogP contribution in [0.4, 0.5) is 4.79 Å². The number of aliphatic hydroxyl groups is 1. The molecular formula is C26H41N3O4S. The summed E-state index contributed by atoms with van der Waals surface area (Å²) >= 11 is 1.71. The number of carbonyl (C=O) groups is 1. The third-order valence-corrected chi connectivity index (χ3v) is 7.75. The van der Waals surface area contributed by atoms with E-state index in [1.165, 1.54) is 4.88 Å². The Morgan fingerprint density at radius 2 is 1.91 bits per heavy atom. The Morgan fingerprint density at radius 1 is 1.21 bits per heavy atom. The van der Waals surface area contributed by atoms with E-state index in [4.69, 9.17) is 9.47 Å². The maximum atomic E-state index is 12.4. The van der Waals surface area contributed by atoms with Crippen LogP contribution in [-0.2, 0) is 11.2 Å². The second-order valence-corrected chi connectivity index (χ2v) is 11.8. The summed E-state index contributed by atoms with van der Waals surface area (Å²) in [6.07, 6.45) is 8.95. The molecule has 1 N–H and O–H groups in total. The van der Waals surface area contributed by atoms with Crippen LogP contribution in [0.1, 0.15) is 84.4 Å². The first-order valence-corrected chi connectivity index (χ1v) is 13.4. The first-order chi connectivity index (χ1) is 16.0. The summed E-state index contributed by atoms with van der Waals surface area (Å²) in [5.74, 6) is 1.01. The topological polar surface area (TPSA) is 84.8 Å². The molecule has 1 aliphatic rings. The summed E-state index contributed by atoms with van der Waals surface area (Å²) in [7, 11) is 1.83. The number of rotatable bonds is 9. The Hall–Kier alpha value is -1.93. The zero-order valence-electron chi connectivity index (χ0n) is 21.5. The fourth-order valence-electron chi connectivity index (χ4n) is 4.30. The van der Waals surface area contributed by atoms with Gasteiger partial charge in [-0.05, 0) is 84.6 Å². The van der Waals surface area contributed by atoms with E-state index >= 15 is 0 Å².